The first kappa shape index (κ1) is 21.8. The third-order valence-electron chi connectivity index (χ3n) is 10.2. The van der Waals surface area contributed by atoms with Crippen molar-refractivity contribution in [1.29, 1.82) is 0 Å². The highest BCUT2D eigenvalue weighted by atomic mass is 28.4. The molecule has 0 heterocycles. The molecule has 3 heteroatoms. The second kappa shape index (κ2) is 7.33. The number of allylic oxidation sites excluding steroid dienone is 1. The molecule has 0 aromatic rings. The maximum atomic E-state index is 12.4. The van der Waals surface area contributed by atoms with Crippen LogP contribution in [0.25, 0.3) is 0 Å². The van der Waals surface area contributed by atoms with Gasteiger partial charge < -0.3 is 4.43 Å². The van der Waals surface area contributed by atoms with Gasteiger partial charge in [-0.05, 0) is 105 Å². The van der Waals surface area contributed by atoms with Gasteiger partial charge >= 0.3 is 0 Å². The summed E-state index contributed by atoms with van der Waals surface area (Å²) >= 11 is 0. The molecule has 0 bridgehead atoms. The Bertz CT molecular complexity index is 687. The van der Waals surface area contributed by atoms with Crippen LogP contribution in [0.3, 0.4) is 0 Å². The minimum Gasteiger partial charge on any atom is -0.413 e. The van der Waals surface area contributed by atoms with Gasteiger partial charge in [-0.15, -0.1) is 0 Å². The van der Waals surface area contributed by atoms with E-state index in [1.165, 1.54) is 44.1 Å². The first-order valence-corrected chi connectivity index (χ1v) is 15.3. The van der Waals surface area contributed by atoms with Crippen molar-refractivity contribution in [1.82, 2.24) is 0 Å². The lowest BCUT2D eigenvalue weighted by Gasteiger charge is -2.55. The Morgan fingerprint density at radius 3 is 2.52 bits per heavy atom. The van der Waals surface area contributed by atoms with Crippen LogP contribution in [0.2, 0.25) is 18.1 Å². The third-order valence-corrected chi connectivity index (χ3v) is 14.7. The minimum absolute atomic E-state index is 0.285. The van der Waals surface area contributed by atoms with Crippen molar-refractivity contribution in [2.24, 2.45) is 35.0 Å². The Labute approximate surface area is 180 Å². The molecule has 164 valence electrons. The molecule has 4 aliphatic rings. The predicted molar refractivity (Wildman–Crippen MR) is 123 cm³/mol. The lowest BCUT2D eigenvalue weighted by atomic mass is 9.51. The van der Waals surface area contributed by atoms with Crippen LogP contribution in [-0.4, -0.2) is 20.2 Å². The molecular weight excluding hydrogens is 372 g/mol. The number of carbonyl (C=O) groups is 1. The van der Waals surface area contributed by atoms with E-state index in [-0.39, 0.29) is 11.0 Å². The largest absolute Gasteiger partial charge is 0.413 e. The molecule has 1 unspecified atom stereocenters. The number of hydrogen-bond acceptors (Lipinski definition) is 2. The lowest BCUT2D eigenvalue weighted by molar-refractivity contribution is -0.120. The van der Waals surface area contributed by atoms with E-state index < -0.39 is 8.32 Å². The summed E-state index contributed by atoms with van der Waals surface area (Å²) in [5, 5.41) is 0.285. The standard InChI is InChI=1S/C26H44O2Si/c1-8-17-15-21-18(16-23(17)27)9-10-20-19(21)13-14-26(5)22(20)11-12-24(26)28-29(6,7)25(2,3)4/h16-17,19-22,24H,8-15H2,1-7H3/t17?,19-,20+,21-,22-,24-,26-/m0/s1. The van der Waals surface area contributed by atoms with Crippen LogP contribution in [0.4, 0.5) is 0 Å². The zero-order valence-electron chi connectivity index (χ0n) is 20.0. The number of hydrogen-bond donors (Lipinski definition) is 0. The van der Waals surface area contributed by atoms with Crippen molar-refractivity contribution in [2.75, 3.05) is 0 Å². The lowest BCUT2D eigenvalue weighted by Crippen LogP contribution is -2.52. The van der Waals surface area contributed by atoms with Crippen molar-refractivity contribution >= 4 is 14.1 Å². The summed E-state index contributed by atoms with van der Waals surface area (Å²) in [6.45, 7) is 16.7. The fourth-order valence-electron chi connectivity index (χ4n) is 7.30. The van der Waals surface area contributed by atoms with Gasteiger partial charge in [0, 0.05) is 5.92 Å². The smallest absolute Gasteiger partial charge is 0.192 e. The van der Waals surface area contributed by atoms with E-state index in [2.05, 4.69) is 53.8 Å². The van der Waals surface area contributed by atoms with Crippen LogP contribution >= 0.6 is 0 Å². The van der Waals surface area contributed by atoms with E-state index in [1.807, 2.05) is 0 Å². The monoisotopic (exact) mass is 416 g/mol. The summed E-state index contributed by atoms with van der Waals surface area (Å²) in [6.07, 6.45) is 12.5. The Kier molecular flexibility index (Phi) is 5.51. The highest BCUT2D eigenvalue weighted by Gasteiger charge is 2.58. The van der Waals surface area contributed by atoms with Crippen molar-refractivity contribution in [2.45, 2.75) is 110 Å². The molecule has 4 rings (SSSR count). The third kappa shape index (κ3) is 3.52. The van der Waals surface area contributed by atoms with Gasteiger partial charge in [-0.1, -0.05) is 40.2 Å². The zero-order valence-corrected chi connectivity index (χ0v) is 21.0. The molecule has 0 saturated heterocycles. The van der Waals surface area contributed by atoms with E-state index in [0.717, 1.165) is 30.6 Å². The van der Waals surface area contributed by atoms with Crippen LogP contribution in [0.5, 0.6) is 0 Å². The maximum Gasteiger partial charge on any atom is 0.192 e. The summed E-state index contributed by atoms with van der Waals surface area (Å²) in [5.41, 5.74) is 1.88. The Morgan fingerprint density at radius 1 is 1.14 bits per heavy atom. The molecule has 0 aliphatic heterocycles. The Hall–Kier alpha value is -0.413. The highest BCUT2D eigenvalue weighted by Crippen LogP contribution is 2.63. The average Bonchev–Trinajstić information content (AvgIpc) is 2.96. The fourth-order valence-corrected chi connectivity index (χ4v) is 8.75. The summed E-state index contributed by atoms with van der Waals surface area (Å²) in [5.74, 6) is 3.91. The molecule has 4 aliphatic carbocycles. The molecule has 0 spiro atoms. The van der Waals surface area contributed by atoms with E-state index in [9.17, 15) is 4.79 Å². The summed E-state index contributed by atoms with van der Waals surface area (Å²) in [4.78, 5) is 12.4. The maximum absolute atomic E-state index is 12.4. The Balaban J connectivity index is 1.54. The number of carbonyl (C=O) groups excluding carboxylic acids is 1. The number of ketones is 1. The van der Waals surface area contributed by atoms with Gasteiger partial charge in [0.15, 0.2) is 14.1 Å². The molecule has 7 atom stereocenters. The first-order chi connectivity index (χ1) is 13.5. The van der Waals surface area contributed by atoms with E-state index in [1.54, 1.807) is 0 Å². The van der Waals surface area contributed by atoms with Crippen LogP contribution in [0.1, 0.15) is 86.0 Å². The van der Waals surface area contributed by atoms with Crippen molar-refractivity contribution in [3.63, 3.8) is 0 Å². The SMILES string of the molecule is CCC1C[C@H]2C(=CC1=O)CC[C@@H]1[C@@H]2CC[C@]2(C)[C@@H](O[Si](C)(C)C(C)(C)C)CC[C@@H]12. The molecule has 0 aromatic carbocycles. The second-order valence-electron chi connectivity index (χ2n) is 12.5. The van der Waals surface area contributed by atoms with Gasteiger partial charge in [0.05, 0.1) is 6.10 Å². The van der Waals surface area contributed by atoms with E-state index >= 15 is 0 Å². The molecule has 3 fully saturated rings. The van der Waals surface area contributed by atoms with E-state index in [0.29, 0.717) is 23.2 Å². The van der Waals surface area contributed by atoms with Gasteiger partial charge in [-0.25, -0.2) is 0 Å². The van der Waals surface area contributed by atoms with Crippen LogP contribution in [-0.2, 0) is 9.22 Å². The van der Waals surface area contributed by atoms with Crippen molar-refractivity contribution in [3.05, 3.63) is 11.6 Å². The van der Waals surface area contributed by atoms with Crippen molar-refractivity contribution < 1.29 is 9.22 Å². The number of rotatable bonds is 3. The molecule has 2 nitrogen and oxygen atoms in total. The quantitative estimate of drug-likeness (QED) is 0.456. The topological polar surface area (TPSA) is 26.3 Å². The van der Waals surface area contributed by atoms with Crippen LogP contribution in [0, 0.1) is 35.0 Å². The van der Waals surface area contributed by atoms with Crippen molar-refractivity contribution in [3.8, 4) is 0 Å². The van der Waals surface area contributed by atoms with Gasteiger partial charge in [0.1, 0.15) is 0 Å². The highest BCUT2D eigenvalue weighted by molar-refractivity contribution is 6.74. The van der Waals surface area contributed by atoms with Gasteiger partial charge in [-0.3, -0.25) is 4.79 Å². The van der Waals surface area contributed by atoms with Crippen LogP contribution < -0.4 is 0 Å². The zero-order chi connectivity index (χ0) is 21.2. The van der Waals surface area contributed by atoms with Crippen LogP contribution in [0.15, 0.2) is 11.6 Å². The normalized spacial score (nSPS) is 42.7. The molecule has 0 amide bonds. The molecule has 0 radical (unpaired) electrons. The fraction of sp³-hybridized carbons (Fsp3) is 0.885. The average molecular weight is 417 g/mol. The van der Waals surface area contributed by atoms with Gasteiger partial charge in [-0.2, -0.15) is 0 Å². The summed E-state index contributed by atoms with van der Waals surface area (Å²) < 4.78 is 7.05. The Morgan fingerprint density at radius 2 is 1.86 bits per heavy atom. The molecular formula is C26H44O2Si. The molecule has 0 N–H and O–H groups in total. The number of fused-ring (bicyclic) bond motifs is 5. The summed E-state index contributed by atoms with van der Waals surface area (Å²) in [6, 6.07) is 0. The molecule has 3 saturated carbocycles. The molecule has 0 aromatic heterocycles. The first-order valence-electron chi connectivity index (χ1n) is 12.4. The summed E-state index contributed by atoms with van der Waals surface area (Å²) in [7, 11) is -1.73. The van der Waals surface area contributed by atoms with Gasteiger partial charge in [0.25, 0.3) is 0 Å². The molecule has 29 heavy (non-hydrogen) atoms. The minimum atomic E-state index is -1.73. The van der Waals surface area contributed by atoms with Gasteiger partial charge in [0.2, 0.25) is 0 Å². The van der Waals surface area contributed by atoms with E-state index in [4.69, 9.17) is 4.43 Å². The predicted octanol–water partition coefficient (Wildman–Crippen LogP) is 7.15. The second-order valence-corrected chi connectivity index (χ2v) is 17.3.